The molecule has 1 atom stereocenters. The second-order valence-corrected chi connectivity index (χ2v) is 4.00. The minimum absolute atomic E-state index is 0.0173. The maximum absolute atomic E-state index is 5.88. The first-order valence-corrected chi connectivity index (χ1v) is 5.03. The zero-order chi connectivity index (χ0) is 10.7. The van der Waals surface area contributed by atoms with Crippen LogP contribution in [0.5, 0.6) is 5.75 Å². The third-order valence-corrected chi connectivity index (χ3v) is 2.02. The van der Waals surface area contributed by atoms with Gasteiger partial charge in [-0.15, -0.1) is 0 Å². The molecule has 78 valence electrons. The van der Waals surface area contributed by atoms with E-state index in [4.69, 9.17) is 10.5 Å². The summed E-state index contributed by atoms with van der Waals surface area (Å²) in [5, 5.41) is 0. The Morgan fingerprint density at radius 3 is 2.36 bits per heavy atom. The Kier molecular flexibility index (Phi) is 3.53. The summed E-state index contributed by atoms with van der Waals surface area (Å²) in [5.41, 5.74) is 8.18. The summed E-state index contributed by atoms with van der Waals surface area (Å²) in [4.78, 5) is 0. The molecule has 2 nitrogen and oxygen atoms in total. The SMILES string of the molecule is Cc1ccc(OC(C)C)c(C(C)N)c1. The van der Waals surface area contributed by atoms with Gasteiger partial charge in [-0.2, -0.15) is 0 Å². The Labute approximate surface area is 86.1 Å². The standard InChI is InChI=1S/C12H19NO/c1-8(2)14-12-6-5-9(3)7-11(12)10(4)13/h5-8,10H,13H2,1-4H3. The molecule has 2 N–H and O–H groups in total. The highest BCUT2D eigenvalue weighted by Gasteiger charge is 2.09. The molecule has 0 amide bonds. The number of hydrogen-bond acceptors (Lipinski definition) is 2. The van der Waals surface area contributed by atoms with Gasteiger partial charge in [0.15, 0.2) is 0 Å². The van der Waals surface area contributed by atoms with Crippen LogP contribution in [-0.4, -0.2) is 6.10 Å². The fourth-order valence-corrected chi connectivity index (χ4v) is 1.38. The zero-order valence-electron chi connectivity index (χ0n) is 9.37. The Hall–Kier alpha value is -1.02. The number of nitrogens with two attached hydrogens (primary N) is 1. The van der Waals surface area contributed by atoms with Crippen LogP contribution in [0, 0.1) is 6.92 Å². The van der Waals surface area contributed by atoms with Crippen LogP contribution in [0.25, 0.3) is 0 Å². The van der Waals surface area contributed by atoms with E-state index in [1.54, 1.807) is 0 Å². The van der Waals surface area contributed by atoms with Crippen LogP contribution < -0.4 is 10.5 Å². The minimum Gasteiger partial charge on any atom is -0.491 e. The monoisotopic (exact) mass is 193 g/mol. The molecule has 0 heterocycles. The van der Waals surface area contributed by atoms with Crippen LogP contribution in [0.2, 0.25) is 0 Å². The number of aryl methyl sites for hydroxylation is 1. The van der Waals surface area contributed by atoms with Gasteiger partial charge in [-0.1, -0.05) is 17.7 Å². The molecule has 1 aromatic carbocycles. The maximum Gasteiger partial charge on any atom is 0.124 e. The van der Waals surface area contributed by atoms with Gasteiger partial charge in [0.1, 0.15) is 5.75 Å². The van der Waals surface area contributed by atoms with Crippen LogP contribution in [0.3, 0.4) is 0 Å². The van der Waals surface area contributed by atoms with Crippen molar-refractivity contribution in [1.82, 2.24) is 0 Å². The van der Waals surface area contributed by atoms with Crippen LogP contribution in [0.15, 0.2) is 18.2 Å². The number of rotatable bonds is 3. The molecule has 0 bridgehead atoms. The molecule has 0 aliphatic carbocycles. The molecule has 0 saturated carbocycles. The molecule has 0 spiro atoms. The molecule has 2 heteroatoms. The highest BCUT2D eigenvalue weighted by Crippen LogP contribution is 2.25. The predicted octanol–water partition coefficient (Wildman–Crippen LogP) is 2.80. The Balaban J connectivity index is 3.02. The summed E-state index contributed by atoms with van der Waals surface area (Å²) in [6.07, 6.45) is 0.190. The average molecular weight is 193 g/mol. The topological polar surface area (TPSA) is 35.2 Å². The molecule has 1 unspecified atom stereocenters. The Bertz CT molecular complexity index is 305. The van der Waals surface area contributed by atoms with E-state index < -0.39 is 0 Å². The molecule has 0 radical (unpaired) electrons. The van der Waals surface area contributed by atoms with E-state index in [0.29, 0.717) is 0 Å². The van der Waals surface area contributed by atoms with Crippen molar-refractivity contribution in [2.75, 3.05) is 0 Å². The zero-order valence-corrected chi connectivity index (χ0v) is 9.37. The van der Waals surface area contributed by atoms with Gasteiger partial charge in [-0.25, -0.2) is 0 Å². The van der Waals surface area contributed by atoms with Gasteiger partial charge in [-0.05, 0) is 33.8 Å². The summed E-state index contributed by atoms with van der Waals surface area (Å²) >= 11 is 0. The first-order chi connectivity index (χ1) is 6.50. The lowest BCUT2D eigenvalue weighted by molar-refractivity contribution is 0.239. The summed E-state index contributed by atoms with van der Waals surface area (Å²) in [6.45, 7) is 8.07. The molecule has 0 aliphatic heterocycles. The van der Waals surface area contributed by atoms with E-state index >= 15 is 0 Å². The first-order valence-electron chi connectivity index (χ1n) is 5.03. The van der Waals surface area contributed by atoms with Gasteiger partial charge in [0.25, 0.3) is 0 Å². The second-order valence-electron chi connectivity index (χ2n) is 4.00. The molecule has 0 fully saturated rings. The van der Waals surface area contributed by atoms with Crippen molar-refractivity contribution in [3.05, 3.63) is 29.3 Å². The molecule has 0 aromatic heterocycles. The Morgan fingerprint density at radius 2 is 1.86 bits per heavy atom. The van der Waals surface area contributed by atoms with Gasteiger partial charge >= 0.3 is 0 Å². The summed E-state index contributed by atoms with van der Waals surface area (Å²) < 4.78 is 5.68. The molecular weight excluding hydrogens is 174 g/mol. The van der Waals surface area contributed by atoms with Gasteiger partial charge < -0.3 is 10.5 Å². The third-order valence-electron chi connectivity index (χ3n) is 2.02. The van der Waals surface area contributed by atoms with Gasteiger partial charge in [0.2, 0.25) is 0 Å². The quantitative estimate of drug-likeness (QED) is 0.801. The van der Waals surface area contributed by atoms with E-state index in [2.05, 4.69) is 13.0 Å². The van der Waals surface area contributed by atoms with E-state index in [0.717, 1.165) is 11.3 Å². The molecule has 1 aromatic rings. The number of ether oxygens (including phenoxy) is 1. The maximum atomic E-state index is 5.88. The largest absolute Gasteiger partial charge is 0.491 e. The van der Waals surface area contributed by atoms with Gasteiger partial charge in [0.05, 0.1) is 6.10 Å². The van der Waals surface area contributed by atoms with Crippen molar-refractivity contribution in [2.45, 2.75) is 39.8 Å². The molecule has 1 rings (SSSR count). The van der Waals surface area contributed by atoms with Crippen molar-refractivity contribution >= 4 is 0 Å². The number of benzene rings is 1. The van der Waals surface area contributed by atoms with Crippen molar-refractivity contribution in [2.24, 2.45) is 5.73 Å². The summed E-state index contributed by atoms with van der Waals surface area (Å²) in [6, 6.07) is 6.14. The summed E-state index contributed by atoms with van der Waals surface area (Å²) in [5.74, 6) is 0.903. The van der Waals surface area contributed by atoms with Crippen molar-refractivity contribution in [3.63, 3.8) is 0 Å². The molecular formula is C12H19NO. The van der Waals surface area contributed by atoms with Crippen LogP contribution in [-0.2, 0) is 0 Å². The highest BCUT2D eigenvalue weighted by molar-refractivity contribution is 5.38. The third kappa shape index (κ3) is 2.74. The van der Waals surface area contributed by atoms with Crippen molar-refractivity contribution in [1.29, 1.82) is 0 Å². The lowest BCUT2D eigenvalue weighted by Gasteiger charge is -2.16. The van der Waals surface area contributed by atoms with Crippen LogP contribution in [0.1, 0.15) is 37.9 Å². The van der Waals surface area contributed by atoms with E-state index in [9.17, 15) is 0 Å². The second kappa shape index (κ2) is 4.47. The van der Waals surface area contributed by atoms with Gasteiger partial charge in [-0.3, -0.25) is 0 Å². The van der Waals surface area contributed by atoms with Crippen molar-refractivity contribution in [3.8, 4) is 5.75 Å². The van der Waals surface area contributed by atoms with Crippen LogP contribution in [0.4, 0.5) is 0 Å². The van der Waals surface area contributed by atoms with E-state index in [1.807, 2.05) is 32.9 Å². The Morgan fingerprint density at radius 1 is 1.21 bits per heavy atom. The fourth-order valence-electron chi connectivity index (χ4n) is 1.38. The molecule has 14 heavy (non-hydrogen) atoms. The molecule has 0 saturated heterocycles. The lowest BCUT2D eigenvalue weighted by Crippen LogP contribution is -2.12. The first kappa shape index (κ1) is 11.1. The van der Waals surface area contributed by atoms with Crippen molar-refractivity contribution < 1.29 is 4.74 Å². The minimum atomic E-state index is 0.0173. The highest BCUT2D eigenvalue weighted by atomic mass is 16.5. The van der Waals surface area contributed by atoms with Crippen LogP contribution >= 0.6 is 0 Å². The van der Waals surface area contributed by atoms with Gasteiger partial charge in [0, 0.05) is 11.6 Å². The fraction of sp³-hybridized carbons (Fsp3) is 0.500. The predicted molar refractivity (Wildman–Crippen MR) is 59.5 cm³/mol. The molecule has 0 aliphatic rings. The summed E-state index contributed by atoms with van der Waals surface area (Å²) in [7, 11) is 0. The number of hydrogen-bond donors (Lipinski definition) is 1. The lowest BCUT2D eigenvalue weighted by atomic mass is 10.1. The normalized spacial score (nSPS) is 13.0. The van der Waals surface area contributed by atoms with E-state index in [1.165, 1.54) is 5.56 Å². The van der Waals surface area contributed by atoms with E-state index in [-0.39, 0.29) is 12.1 Å². The average Bonchev–Trinajstić information content (AvgIpc) is 2.07. The smallest absolute Gasteiger partial charge is 0.124 e.